The van der Waals surface area contributed by atoms with Gasteiger partial charge in [-0.3, -0.25) is 14.8 Å². The molecule has 3 fully saturated rings. The molecule has 2 bridgehead atoms. The van der Waals surface area contributed by atoms with E-state index in [2.05, 4.69) is 20.3 Å². The van der Waals surface area contributed by atoms with Crippen LogP contribution in [-0.4, -0.2) is 44.4 Å². The number of halogens is 4. The molecule has 3 aromatic rings. The molecule has 182 valence electrons. The Morgan fingerprint density at radius 2 is 1.91 bits per heavy atom. The number of carbonyl (C=O) groups is 1. The average molecular weight is 485 g/mol. The van der Waals surface area contributed by atoms with Gasteiger partial charge in [-0.2, -0.15) is 13.2 Å². The average Bonchev–Trinajstić information content (AvgIpc) is 2.84. The third kappa shape index (κ3) is 4.56. The number of rotatable bonds is 4. The first-order chi connectivity index (χ1) is 16.7. The van der Waals surface area contributed by atoms with Crippen LogP contribution in [0.15, 0.2) is 48.8 Å². The number of amides is 1. The lowest BCUT2D eigenvalue weighted by Gasteiger charge is -2.50. The molecular weight excluding hydrogens is 462 g/mol. The SMILES string of the molecule is Cc1ccc(C(=O)N2CC3CC[C@H]2[C@H](Nc2ccc(C(F)(F)F)cn2)C3)c(-c2ncccc2F)n1. The summed E-state index contributed by atoms with van der Waals surface area (Å²) >= 11 is 0. The molecule has 10 heteroatoms. The van der Waals surface area contributed by atoms with Gasteiger partial charge >= 0.3 is 6.18 Å². The quantitative estimate of drug-likeness (QED) is 0.520. The van der Waals surface area contributed by atoms with E-state index in [9.17, 15) is 22.4 Å². The minimum absolute atomic E-state index is 0.0188. The monoisotopic (exact) mass is 485 g/mol. The molecule has 0 spiro atoms. The van der Waals surface area contributed by atoms with Crippen molar-refractivity contribution in [2.75, 3.05) is 11.9 Å². The number of piperidine rings is 2. The third-order valence-electron chi connectivity index (χ3n) is 6.71. The van der Waals surface area contributed by atoms with Crippen molar-refractivity contribution >= 4 is 11.7 Å². The van der Waals surface area contributed by atoms with Gasteiger partial charge < -0.3 is 10.2 Å². The number of pyridine rings is 3. The highest BCUT2D eigenvalue weighted by Crippen LogP contribution is 2.38. The summed E-state index contributed by atoms with van der Waals surface area (Å²) in [5.41, 5.74) is 0.307. The van der Waals surface area contributed by atoms with Crippen LogP contribution in [0.25, 0.3) is 11.4 Å². The molecule has 35 heavy (non-hydrogen) atoms. The van der Waals surface area contributed by atoms with Crippen LogP contribution in [0.2, 0.25) is 0 Å². The molecule has 1 saturated carbocycles. The Labute approximate surface area is 199 Å². The molecule has 0 aromatic carbocycles. The Hall–Kier alpha value is -3.56. The molecular formula is C25H23F4N5O. The molecule has 3 aliphatic rings. The Bertz CT molecular complexity index is 1250. The van der Waals surface area contributed by atoms with Crippen molar-refractivity contribution in [2.45, 2.75) is 44.4 Å². The highest BCUT2D eigenvalue weighted by Gasteiger charge is 2.44. The summed E-state index contributed by atoms with van der Waals surface area (Å²) in [5.74, 6) is -0.257. The first-order valence-corrected chi connectivity index (χ1v) is 11.4. The van der Waals surface area contributed by atoms with Crippen molar-refractivity contribution < 1.29 is 22.4 Å². The number of aryl methyl sites for hydroxylation is 1. The summed E-state index contributed by atoms with van der Waals surface area (Å²) in [6.07, 6.45) is 0.299. The Morgan fingerprint density at radius 1 is 1.09 bits per heavy atom. The molecule has 0 radical (unpaired) electrons. The fourth-order valence-corrected chi connectivity index (χ4v) is 5.04. The summed E-state index contributed by atoms with van der Waals surface area (Å²) in [5, 5.41) is 3.23. The maximum absolute atomic E-state index is 14.5. The summed E-state index contributed by atoms with van der Waals surface area (Å²) in [6.45, 7) is 2.32. The van der Waals surface area contributed by atoms with Crippen LogP contribution >= 0.6 is 0 Å². The van der Waals surface area contributed by atoms with E-state index >= 15 is 0 Å². The normalized spacial score (nSPS) is 21.7. The maximum Gasteiger partial charge on any atom is 0.417 e. The number of anilines is 1. The first-order valence-electron chi connectivity index (χ1n) is 11.4. The van der Waals surface area contributed by atoms with Crippen LogP contribution in [0.5, 0.6) is 0 Å². The molecule has 6 rings (SSSR count). The van der Waals surface area contributed by atoms with E-state index in [0.717, 1.165) is 31.5 Å². The number of alkyl halides is 3. The Kier molecular flexibility index (Phi) is 5.90. The number of hydrogen-bond donors (Lipinski definition) is 1. The topological polar surface area (TPSA) is 71.0 Å². The van der Waals surface area contributed by atoms with Crippen molar-refractivity contribution in [1.82, 2.24) is 19.9 Å². The molecule has 5 heterocycles. The van der Waals surface area contributed by atoms with Gasteiger partial charge in [0.2, 0.25) is 0 Å². The molecule has 2 aliphatic heterocycles. The highest BCUT2D eigenvalue weighted by molar-refractivity contribution is 6.00. The largest absolute Gasteiger partial charge is 0.417 e. The minimum Gasteiger partial charge on any atom is -0.365 e. The van der Waals surface area contributed by atoms with Crippen LogP contribution in [0, 0.1) is 18.7 Å². The summed E-state index contributed by atoms with van der Waals surface area (Å²) in [4.78, 5) is 28.0. The van der Waals surface area contributed by atoms with E-state index in [1.54, 1.807) is 24.0 Å². The Balaban J connectivity index is 1.41. The van der Waals surface area contributed by atoms with E-state index in [1.807, 2.05) is 0 Å². The number of hydrogen-bond acceptors (Lipinski definition) is 5. The van der Waals surface area contributed by atoms with Crippen LogP contribution in [0.3, 0.4) is 0 Å². The van der Waals surface area contributed by atoms with Crippen molar-refractivity contribution in [2.24, 2.45) is 5.92 Å². The lowest BCUT2D eigenvalue weighted by molar-refractivity contribution is -0.137. The summed E-state index contributed by atoms with van der Waals surface area (Å²) < 4.78 is 53.1. The molecule has 1 aliphatic carbocycles. The van der Waals surface area contributed by atoms with Crippen molar-refractivity contribution in [3.63, 3.8) is 0 Å². The number of aromatic nitrogens is 3. The predicted octanol–water partition coefficient (Wildman–Crippen LogP) is 5.11. The van der Waals surface area contributed by atoms with Gasteiger partial charge in [0.1, 0.15) is 17.2 Å². The number of nitrogens with zero attached hydrogens (tertiary/aromatic N) is 4. The van der Waals surface area contributed by atoms with Gasteiger partial charge in [-0.1, -0.05) is 0 Å². The molecule has 6 nitrogen and oxygen atoms in total. The fraction of sp³-hybridized carbons (Fsp3) is 0.360. The zero-order chi connectivity index (χ0) is 24.7. The molecule has 1 amide bonds. The van der Waals surface area contributed by atoms with Crippen LogP contribution in [-0.2, 0) is 6.18 Å². The smallest absolute Gasteiger partial charge is 0.365 e. The fourth-order valence-electron chi connectivity index (χ4n) is 5.04. The number of nitrogens with one attached hydrogen (secondary N) is 1. The lowest BCUT2D eigenvalue weighted by Crippen LogP contribution is -2.59. The molecule has 1 unspecified atom stereocenters. The second kappa shape index (κ2) is 8.90. The van der Waals surface area contributed by atoms with Gasteiger partial charge in [-0.25, -0.2) is 9.37 Å². The van der Waals surface area contributed by atoms with Crippen molar-refractivity contribution in [1.29, 1.82) is 0 Å². The minimum atomic E-state index is -4.45. The van der Waals surface area contributed by atoms with E-state index in [-0.39, 0.29) is 40.9 Å². The van der Waals surface area contributed by atoms with Gasteiger partial charge in [0.15, 0.2) is 5.82 Å². The number of fused-ring (bicyclic) bond motifs is 3. The van der Waals surface area contributed by atoms with E-state index < -0.39 is 17.6 Å². The van der Waals surface area contributed by atoms with Gasteiger partial charge in [0.05, 0.1) is 17.2 Å². The molecule has 1 N–H and O–H groups in total. The summed E-state index contributed by atoms with van der Waals surface area (Å²) in [7, 11) is 0. The van der Waals surface area contributed by atoms with Gasteiger partial charge in [0.25, 0.3) is 5.91 Å². The van der Waals surface area contributed by atoms with Crippen molar-refractivity contribution in [3.05, 3.63) is 71.4 Å². The molecule has 2 saturated heterocycles. The Morgan fingerprint density at radius 3 is 2.60 bits per heavy atom. The molecule has 3 aromatic heterocycles. The zero-order valence-corrected chi connectivity index (χ0v) is 18.9. The third-order valence-corrected chi connectivity index (χ3v) is 6.71. The summed E-state index contributed by atoms with van der Waals surface area (Å²) in [6, 6.07) is 8.07. The van der Waals surface area contributed by atoms with Crippen LogP contribution in [0.4, 0.5) is 23.4 Å². The van der Waals surface area contributed by atoms with E-state index in [0.29, 0.717) is 18.1 Å². The van der Waals surface area contributed by atoms with Gasteiger partial charge in [0, 0.05) is 30.7 Å². The second-order valence-corrected chi connectivity index (χ2v) is 9.07. The van der Waals surface area contributed by atoms with E-state index in [4.69, 9.17) is 0 Å². The van der Waals surface area contributed by atoms with Crippen LogP contribution in [0.1, 0.15) is 40.9 Å². The zero-order valence-electron chi connectivity index (χ0n) is 18.9. The maximum atomic E-state index is 14.5. The van der Waals surface area contributed by atoms with Gasteiger partial charge in [-0.05, 0) is 68.5 Å². The van der Waals surface area contributed by atoms with Crippen LogP contribution < -0.4 is 5.32 Å². The predicted molar refractivity (Wildman–Crippen MR) is 121 cm³/mol. The second-order valence-electron chi connectivity index (χ2n) is 9.07. The van der Waals surface area contributed by atoms with E-state index in [1.165, 1.54) is 24.4 Å². The highest BCUT2D eigenvalue weighted by atomic mass is 19.4. The van der Waals surface area contributed by atoms with Crippen molar-refractivity contribution in [3.8, 4) is 11.4 Å². The standard InChI is InChI=1S/C25H23F4N5O/c1-14-4-7-17(22(32-14)23-18(26)3-2-10-30-23)24(35)34-13-15-5-8-20(34)19(11-15)33-21-9-6-16(12-31-21)25(27,28)29/h2-4,6-7,9-10,12,15,19-20H,5,8,11,13H2,1H3,(H,31,33)/t15?,19-,20+/m1/s1. The lowest BCUT2D eigenvalue weighted by atomic mass is 9.76. The first kappa shape index (κ1) is 23.2. The van der Waals surface area contributed by atoms with Gasteiger partial charge in [-0.15, -0.1) is 0 Å². The number of carbonyl (C=O) groups excluding carboxylic acids is 1. The molecule has 3 atom stereocenters.